The van der Waals surface area contributed by atoms with Crippen molar-refractivity contribution in [2.45, 2.75) is 5.78 Å². The zero-order valence-electron chi connectivity index (χ0n) is 10.0. The molecule has 5 nitrogen and oxygen atoms in total. The minimum absolute atomic E-state index is 0.335. The maximum Gasteiger partial charge on any atom is 0.346 e. The Bertz CT molecular complexity index is 597. The summed E-state index contributed by atoms with van der Waals surface area (Å²) in [6.07, 6.45) is 0. The van der Waals surface area contributed by atoms with Crippen molar-refractivity contribution >= 4 is 7.60 Å². The van der Waals surface area contributed by atoms with Gasteiger partial charge < -0.3 is 20.3 Å². The second-order valence-corrected chi connectivity index (χ2v) is 5.76. The topological polar surface area (TPSA) is 92.8 Å². The van der Waals surface area contributed by atoms with Crippen LogP contribution in [0.3, 0.4) is 0 Å². The van der Waals surface area contributed by atoms with Gasteiger partial charge in [0.15, 0.2) is 0 Å². The van der Waals surface area contributed by atoms with Crippen LogP contribution in [0, 0.1) is 0 Å². The smallest absolute Gasteiger partial charge is 0.346 e. The van der Waals surface area contributed by atoms with Crippen LogP contribution in [0.2, 0.25) is 0 Å². The van der Waals surface area contributed by atoms with Crippen LogP contribution >= 0.6 is 7.60 Å². The SMILES string of the molecule is NC(c1cccc(Oc2ccccc2)c1)P(=O)(O)O. The minimum atomic E-state index is -4.36. The fourth-order valence-electron chi connectivity index (χ4n) is 1.58. The molecular weight excluding hydrogens is 265 g/mol. The van der Waals surface area contributed by atoms with Crippen LogP contribution in [0.25, 0.3) is 0 Å². The fraction of sp³-hybridized carbons (Fsp3) is 0.0769. The van der Waals surface area contributed by atoms with Crippen molar-refractivity contribution in [3.05, 3.63) is 60.2 Å². The molecule has 2 aromatic rings. The van der Waals surface area contributed by atoms with Gasteiger partial charge in [0.05, 0.1) is 0 Å². The number of hydrogen-bond acceptors (Lipinski definition) is 3. The van der Waals surface area contributed by atoms with E-state index in [0.717, 1.165) is 0 Å². The Hall–Kier alpha value is -1.65. The van der Waals surface area contributed by atoms with Crippen molar-refractivity contribution in [1.29, 1.82) is 0 Å². The molecule has 0 saturated heterocycles. The van der Waals surface area contributed by atoms with Crippen molar-refractivity contribution in [1.82, 2.24) is 0 Å². The summed E-state index contributed by atoms with van der Waals surface area (Å²) in [6.45, 7) is 0. The number of rotatable bonds is 4. The molecule has 4 N–H and O–H groups in total. The first-order valence-corrected chi connectivity index (χ1v) is 7.28. The summed E-state index contributed by atoms with van der Waals surface area (Å²) < 4.78 is 16.7. The number of para-hydroxylation sites is 1. The van der Waals surface area contributed by atoms with Crippen LogP contribution in [-0.2, 0) is 4.57 Å². The molecule has 1 unspecified atom stereocenters. The van der Waals surface area contributed by atoms with Crippen molar-refractivity contribution < 1.29 is 19.1 Å². The Labute approximate surface area is 110 Å². The lowest BCUT2D eigenvalue weighted by atomic mass is 10.2. The van der Waals surface area contributed by atoms with Gasteiger partial charge in [-0.15, -0.1) is 0 Å². The molecule has 0 aliphatic rings. The molecule has 0 radical (unpaired) electrons. The Morgan fingerprint density at radius 1 is 1.00 bits per heavy atom. The van der Waals surface area contributed by atoms with Gasteiger partial charge in [-0.3, -0.25) is 4.57 Å². The quantitative estimate of drug-likeness (QED) is 0.748. The first-order valence-electron chi connectivity index (χ1n) is 5.60. The van der Waals surface area contributed by atoms with Gasteiger partial charge in [-0.1, -0.05) is 30.3 Å². The molecule has 0 aromatic heterocycles. The summed E-state index contributed by atoms with van der Waals surface area (Å²) in [4.78, 5) is 18.1. The molecule has 100 valence electrons. The van der Waals surface area contributed by atoms with E-state index in [2.05, 4.69) is 0 Å². The summed E-state index contributed by atoms with van der Waals surface area (Å²) >= 11 is 0. The maximum atomic E-state index is 11.1. The van der Waals surface area contributed by atoms with E-state index in [9.17, 15) is 4.57 Å². The molecule has 0 amide bonds. The normalized spacial score (nSPS) is 13.0. The highest BCUT2D eigenvalue weighted by atomic mass is 31.2. The lowest BCUT2D eigenvalue weighted by molar-refractivity contribution is 0.359. The molecule has 0 aliphatic heterocycles. The van der Waals surface area contributed by atoms with E-state index in [0.29, 0.717) is 17.1 Å². The molecule has 0 heterocycles. The third-order valence-corrected chi connectivity index (χ3v) is 3.56. The third-order valence-electron chi connectivity index (χ3n) is 2.54. The molecular formula is C13H14NO4P. The van der Waals surface area contributed by atoms with Gasteiger partial charge in [-0.25, -0.2) is 0 Å². The van der Waals surface area contributed by atoms with E-state index in [-0.39, 0.29) is 0 Å². The monoisotopic (exact) mass is 279 g/mol. The maximum absolute atomic E-state index is 11.1. The Morgan fingerprint density at radius 3 is 2.26 bits per heavy atom. The fourth-order valence-corrected chi connectivity index (χ4v) is 2.13. The largest absolute Gasteiger partial charge is 0.457 e. The lowest BCUT2D eigenvalue weighted by Gasteiger charge is -2.14. The Balaban J connectivity index is 2.23. The lowest BCUT2D eigenvalue weighted by Crippen LogP contribution is -2.10. The zero-order valence-corrected chi connectivity index (χ0v) is 10.9. The van der Waals surface area contributed by atoms with Crippen LogP contribution in [0.4, 0.5) is 0 Å². The highest BCUT2D eigenvalue weighted by Crippen LogP contribution is 2.48. The van der Waals surface area contributed by atoms with Crippen molar-refractivity contribution in [3.8, 4) is 11.5 Å². The molecule has 2 rings (SSSR count). The summed E-state index contributed by atoms with van der Waals surface area (Å²) in [5, 5.41) is 0. The standard InChI is InChI=1S/C13H14NO4P/c14-13(19(15,16)17)10-5-4-8-12(9-10)18-11-6-2-1-3-7-11/h1-9,13H,14H2,(H2,15,16,17). The molecule has 2 aromatic carbocycles. The summed E-state index contributed by atoms with van der Waals surface area (Å²) in [5.41, 5.74) is 5.85. The highest BCUT2D eigenvalue weighted by molar-refractivity contribution is 7.52. The zero-order chi connectivity index (χ0) is 13.9. The van der Waals surface area contributed by atoms with Crippen molar-refractivity contribution in [2.75, 3.05) is 0 Å². The molecule has 0 spiro atoms. The molecule has 0 aliphatic carbocycles. The molecule has 19 heavy (non-hydrogen) atoms. The molecule has 1 atom stereocenters. The van der Waals surface area contributed by atoms with Gasteiger partial charge in [-0.2, -0.15) is 0 Å². The van der Waals surface area contributed by atoms with Crippen LogP contribution in [-0.4, -0.2) is 9.79 Å². The molecule has 0 saturated carbocycles. The second-order valence-electron chi connectivity index (χ2n) is 4.02. The molecule has 6 heteroatoms. The minimum Gasteiger partial charge on any atom is -0.457 e. The average Bonchev–Trinajstić information content (AvgIpc) is 2.38. The number of nitrogens with two attached hydrogens (primary N) is 1. The van der Waals surface area contributed by atoms with Crippen molar-refractivity contribution in [3.63, 3.8) is 0 Å². The Kier molecular flexibility index (Phi) is 4.02. The number of ether oxygens (including phenoxy) is 1. The number of hydrogen-bond donors (Lipinski definition) is 3. The first kappa shape index (κ1) is 13.8. The predicted molar refractivity (Wildman–Crippen MR) is 71.9 cm³/mol. The van der Waals surface area contributed by atoms with Gasteiger partial charge in [0.2, 0.25) is 0 Å². The van der Waals surface area contributed by atoms with Gasteiger partial charge in [0, 0.05) is 0 Å². The van der Waals surface area contributed by atoms with E-state index in [1.807, 2.05) is 18.2 Å². The average molecular weight is 279 g/mol. The first-order chi connectivity index (χ1) is 8.97. The highest BCUT2D eigenvalue weighted by Gasteiger charge is 2.26. The Morgan fingerprint density at radius 2 is 1.63 bits per heavy atom. The van der Waals surface area contributed by atoms with Crippen LogP contribution in [0.5, 0.6) is 11.5 Å². The second kappa shape index (κ2) is 5.55. The van der Waals surface area contributed by atoms with Crippen molar-refractivity contribution in [2.24, 2.45) is 5.73 Å². The van der Waals surface area contributed by atoms with Gasteiger partial charge in [0.1, 0.15) is 17.3 Å². The molecule has 0 bridgehead atoms. The summed E-state index contributed by atoms with van der Waals surface area (Å²) in [6, 6.07) is 15.5. The van der Waals surface area contributed by atoms with Crippen LogP contribution < -0.4 is 10.5 Å². The summed E-state index contributed by atoms with van der Waals surface area (Å²) in [5.74, 6) is -0.219. The third kappa shape index (κ3) is 3.66. The van der Waals surface area contributed by atoms with E-state index < -0.39 is 13.4 Å². The summed E-state index contributed by atoms with van der Waals surface area (Å²) in [7, 11) is -4.36. The number of benzene rings is 2. The van der Waals surface area contributed by atoms with Crippen LogP contribution in [0.1, 0.15) is 11.3 Å². The van der Waals surface area contributed by atoms with E-state index >= 15 is 0 Å². The van der Waals surface area contributed by atoms with E-state index in [1.54, 1.807) is 30.3 Å². The van der Waals surface area contributed by atoms with E-state index in [1.165, 1.54) is 6.07 Å². The molecule has 0 fully saturated rings. The predicted octanol–water partition coefficient (Wildman–Crippen LogP) is 2.61. The van der Waals surface area contributed by atoms with Crippen LogP contribution in [0.15, 0.2) is 54.6 Å². The van der Waals surface area contributed by atoms with Gasteiger partial charge in [-0.05, 0) is 29.8 Å². The van der Waals surface area contributed by atoms with Gasteiger partial charge in [0.25, 0.3) is 0 Å². The van der Waals surface area contributed by atoms with E-state index in [4.69, 9.17) is 20.3 Å². The van der Waals surface area contributed by atoms with Gasteiger partial charge >= 0.3 is 7.60 Å².